The molecule has 0 spiro atoms. The zero-order valence-corrected chi connectivity index (χ0v) is 54.1. The number of nitrogens with zero attached hydrogens (tertiary/aromatic N) is 3. The van der Waals surface area contributed by atoms with Gasteiger partial charge in [-0.05, 0) is 230 Å². The van der Waals surface area contributed by atoms with Gasteiger partial charge in [0.1, 0.15) is 0 Å². The van der Waals surface area contributed by atoms with Crippen LogP contribution in [0.5, 0.6) is 0 Å². The molecule has 1 aromatic heterocycles. The van der Waals surface area contributed by atoms with Crippen LogP contribution in [-0.2, 0) is 0 Å². The lowest BCUT2D eigenvalue weighted by Crippen LogP contribution is -2.15. The smallest absolute Gasteiger partial charge is 0.0541 e. The van der Waals surface area contributed by atoms with E-state index in [0.717, 1.165) is 56.5 Å². The van der Waals surface area contributed by atoms with Gasteiger partial charge in [-0.3, -0.25) is 0 Å². The highest BCUT2D eigenvalue weighted by molar-refractivity contribution is 6.19. The Morgan fingerprint density at radius 2 is 0.596 bits per heavy atom. The Labute approximate surface area is 575 Å². The van der Waals surface area contributed by atoms with Crippen molar-refractivity contribution >= 4 is 88.6 Å². The van der Waals surface area contributed by atoms with Gasteiger partial charge in [0.2, 0.25) is 0 Å². The largest absolute Gasteiger partial charge is 0.310 e. The Morgan fingerprint density at radius 3 is 1.16 bits per heavy atom. The van der Waals surface area contributed by atoms with Gasteiger partial charge in [0, 0.05) is 62.4 Å². The summed E-state index contributed by atoms with van der Waals surface area (Å²) >= 11 is 0. The van der Waals surface area contributed by atoms with E-state index in [1.54, 1.807) is 0 Å². The molecular weight excluding hydrogens is 1200 g/mol. The first kappa shape index (κ1) is 55.5. The maximum Gasteiger partial charge on any atom is 0.0541 e. The summed E-state index contributed by atoms with van der Waals surface area (Å²) in [6.07, 6.45) is 0. The van der Waals surface area contributed by atoms with E-state index in [0.29, 0.717) is 0 Å². The number of aromatic nitrogens is 1. The average Bonchev–Trinajstić information content (AvgIpc) is 1.60. The fraction of sp³-hybridized carbons (Fsp3) is 0.0208. The molecule has 0 N–H and O–H groups in total. The second kappa shape index (κ2) is 21.9. The van der Waals surface area contributed by atoms with Crippen LogP contribution < -0.4 is 9.80 Å². The highest BCUT2D eigenvalue weighted by atomic mass is 15.2. The third-order valence-electron chi connectivity index (χ3n) is 21.8. The van der Waals surface area contributed by atoms with Crippen molar-refractivity contribution in [3.05, 3.63) is 402 Å². The molecule has 1 unspecified atom stereocenters. The van der Waals surface area contributed by atoms with Crippen LogP contribution >= 0.6 is 0 Å². The Balaban J connectivity index is 0.836. The average molecular weight is 1260 g/mol. The van der Waals surface area contributed by atoms with E-state index >= 15 is 0 Å². The summed E-state index contributed by atoms with van der Waals surface area (Å²) in [7, 11) is 0. The predicted octanol–water partition coefficient (Wildman–Crippen LogP) is 25.6. The highest BCUT2D eigenvalue weighted by Crippen LogP contribution is 2.60. The molecule has 3 heteroatoms. The second-order valence-corrected chi connectivity index (χ2v) is 27.0. The summed E-state index contributed by atoms with van der Waals surface area (Å²) in [5, 5.41) is 7.15. The van der Waals surface area contributed by atoms with Crippen molar-refractivity contribution in [3.63, 3.8) is 0 Å². The monoisotopic (exact) mass is 1260 g/mol. The van der Waals surface area contributed by atoms with Crippen LogP contribution in [0.25, 0.3) is 116 Å². The lowest BCUT2D eigenvalue weighted by atomic mass is 9.78. The summed E-state index contributed by atoms with van der Waals surface area (Å²) in [6, 6.07) is 135. The molecule has 0 amide bonds. The third kappa shape index (κ3) is 8.51. The van der Waals surface area contributed by atoms with Crippen LogP contribution in [0.2, 0.25) is 0 Å². The molecule has 21 rings (SSSR count). The molecular formula is C96H61N3. The number of para-hydroxylation sites is 2. The van der Waals surface area contributed by atoms with Crippen molar-refractivity contribution in [1.82, 2.24) is 4.57 Å². The molecule has 0 saturated heterocycles. The van der Waals surface area contributed by atoms with Gasteiger partial charge < -0.3 is 14.4 Å². The van der Waals surface area contributed by atoms with E-state index in [-0.39, 0.29) is 11.8 Å². The number of rotatable bonds is 9. The number of fused-ring (bicyclic) bond motifs is 17. The van der Waals surface area contributed by atoms with Crippen LogP contribution in [0.3, 0.4) is 0 Å². The summed E-state index contributed by atoms with van der Waals surface area (Å²) in [4.78, 5) is 5.08. The lowest BCUT2D eigenvalue weighted by Gasteiger charge is -2.31. The van der Waals surface area contributed by atoms with Gasteiger partial charge in [0.15, 0.2) is 0 Å². The van der Waals surface area contributed by atoms with E-state index in [4.69, 9.17) is 0 Å². The predicted molar refractivity (Wildman–Crippen MR) is 414 cm³/mol. The molecule has 3 nitrogen and oxygen atoms in total. The molecule has 17 aromatic rings. The minimum atomic E-state index is 0.0615. The van der Waals surface area contributed by atoms with Crippen molar-refractivity contribution in [2.45, 2.75) is 11.8 Å². The van der Waals surface area contributed by atoms with E-state index in [1.807, 2.05) is 0 Å². The minimum absolute atomic E-state index is 0.0615. The summed E-state index contributed by atoms with van der Waals surface area (Å²) in [5.41, 5.74) is 35.4. The first-order chi connectivity index (χ1) is 49.1. The normalized spacial score (nSPS) is 13.7. The molecule has 99 heavy (non-hydrogen) atoms. The Kier molecular flexibility index (Phi) is 12.2. The molecule has 0 fully saturated rings. The van der Waals surface area contributed by atoms with Crippen LogP contribution in [0.1, 0.15) is 56.3 Å². The van der Waals surface area contributed by atoms with Crippen LogP contribution in [0.4, 0.5) is 34.1 Å². The van der Waals surface area contributed by atoms with Gasteiger partial charge in [-0.2, -0.15) is 0 Å². The molecule has 0 saturated carbocycles. The van der Waals surface area contributed by atoms with E-state index in [9.17, 15) is 0 Å². The summed E-state index contributed by atoms with van der Waals surface area (Å²) in [5.74, 6) is 0.179. The maximum absolute atomic E-state index is 2.55. The van der Waals surface area contributed by atoms with Crippen LogP contribution in [0, 0.1) is 0 Å². The van der Waals surface area contributed by atoms with Gasteiger partial charge in [0.05, 0.1) is 11.0 Å². The fourth-order valence-corrected chi connectivity index (χ4v) is 17.6. The highest BCUT2D eigenvalue weighted by Gasteiger charge is 2.42. The van der Waals surface area contributed by atoms with Crippen LogP contribution in [0.15, 0.2) is 358 Å². The Bertz CT molecular complexity index is 6190. The van der Waals surface area contributed by atoms with Gasteiger partial charge in [-0.15, -0.1) is 0 Å². The molecule has 0 bridgehead atoms. The molecule has 460 valence electrons. The quantitative estimate of drug-likeness (QED) is 0.143. The zero-order valence-electron chi connectivity index (χ0n) is 54.1. The van der Waals surface area contributed by atoms with E-state index in [2.05, 4.69) is 372 Å². The SMILES string of the molecule is c1ccc(-n2c3ccccc3c3cc(-c4cc(N(c5ccc6c(c5)C(=C5c7ccccc7-c7ccccc75)c5ccccc5-6)c5ccc6ccccc6c5)cc(N(c5ccc6c(c5)C(C5c7ccccc7-c7ccccc75)c5ccccc5-6)c5ccc6ccccc6c5)c4)ccc32)cc1. The van der Waals surface area contributed by atoms with Gasteiger partial charge in [0.25, 0.3) is 0 Å². The Hall–Kier alpha value is -12.8. The lowest BCUT2D eigenvalue weighted by molar-refractivity contribution is 0.724. The van der Waals surface area contributed by atoms with Gasteiger partial charge >= 0.3 is 0 Å². The van der Waals surface area contributed by atoms with Crippen molar-refractivity contribution in [2.24, 2.45) is 0 Å². The molecule has 1 heterocycles. The first-order valence-corrected chi connectivity index (χ1v) is 34.5. The van der Waals surface area contributed by atoms with Crippen molar-refractivity contribution in [1.29, 1.82) is 0 Å². The second-order valence-electron chi connectivity index (χ2n) is 27.0. The van der Waals surface area contributed by atoms with Crippen molar-refractivity contribution in [3.8, 4) is 61.3 Å². The first-order valence-electron chi connectivity index (χ1n) is 34.5. The molecule has 16 aromatic carbocycles. The molecule has 1 atom stereocenters. The summed E-state index contributed by atoms with van der Waals surface area (Å²) < 4.78 is 2.42. The molecule has 4 aliphatic rings. The number of hydrogen-bond donors (Lipinski definition) is 0. The van der Waals surface area contributed by atoms with Crippen molar-refractivity contribution < 1.29 is 0 Å². The zero-order chi connectivity index (χ0) is 64.8. The van der Waals surface area contributed by atoms with Gasteiger partial charge in [-0.25, -0.2) is 0 Å². The van der Waals surface area contributed by atoms with Gasteiger partial charge in [-0.1, -0.05) is 261 Å². The van der Waals surface area contributed by atoms with Crippen LogP contribution in [-0.4, -0.2) is 4.57 Å². The third-order valence-corrected chi connectivity index (χ3v) is 21.8. The topological polar surface area (TPSA) is 11.4 Å². The number of hydrogen-bond acceptors (Lipinski definition) is 2. The molecule has 0 radical (unpaired) electrons. The maximum atomic E-state index is 2.55. The Morgan fingerprint density at radius 1 is 0.202 bits per heavy atom. The van der Waals surface area contributed by atoms with E-state index in [1.165, 1.54) is 138 Å². The van der Waals surface area contributed by atoms with Crippen molar-refractivity contribution in [2.75, 3.05) is 9.80 Å². The molecule has 4 aliphatic carbocycles. The standard InChI is InChI=1S/C96H61N3/c1-2-26-66(27-3-1)99-91-41-21-20-34-81(91)88-56-64(44-51-92(88)99)65-54-71(97(67-45-42-60-22-4-6-24-62(60)52-67)69-47-49-79-77-32-12-18-39-86(77)95(89(79)58-69)93-82-35-14-8-28-73(82)74-29-9-15-36-83(74)93)57-72(55-65)98(68-46-43-61-23-5-7-25-63(61)53-68)70-48-50-80-78-33-13-19-40-87(78)96(90(80)59-70)94-84-37-16-10-30-75(84)76-31-11-17-38-85(76)94/h1-59,93,95H. The summed E-state index contributed by atoms with van der Waals surface area (Å²) in [6.45, 7) is 0. The minimum Gasteiger partial charge on any atom is -0.310 e. The van der Waals surface area contributed by atoms with E-state index < -0.39 is 0 Å². The number of benzene rings is 16. The molecule has 0 aliphatic heterocycles. The fourth-order valence-electron chi connectivity index (χ4n) is 17.6. The number of anilines is 6.